The van der Waals surface area contributed by atoms with Gasteiger partial charge in [-0.2, -0.15) is 0 Å². The summed E-state index contributed by atoms with van der Waals surface area (Å²) in [5.41, 5.74) is 0.298. The van der Waals surface area contributed by atoms with E-state index in [1.54, 1.807) is 12.4 Å². The van der Waals surface area contributed by atoms with Crippen LogP contribution in [0.4, 0.5) is 4.39 Å². The number of halogens is 1. The molecule has 2 rings (SSSR count). The van der Waals surface area contributed by atoms with Crippen LogP contribution >= 0.6 is 0 Å². The molecule has 0 spiro atoms. The number of nitrogens with one attached hydrogen (secondary N) is 2. The maximum Gasteiger partial charge on any atom is 0.251 e. The monoisotopic (exact) mass is 304 g/mol. The van der Waals surface area contributed by atoms with Crippen LogP contribution < -0.4 is 10.6 Å². The highest BCUT2D eigenvalue weighted by Crippen LogP contribution is 2.07. The van der Waals surface area contributed by atoms with Crippen LogP contribution in [0.15, 0.2) is 36.7 Å². The summed E-state index contributed by atoms with van der Waals surface area (Å²) in [6.45, 7) is 1.65. The Bertz CT molecular complexity index is 666. The first-order valence-electron chi connectivity index (χ1n) is 6.77. The van der Waals surface area contributed by atoms with Crippen LogP contribution in [-0.4, -0.2) is 27.9 Å². The predicted octanol–water partition coefficient (Wildman–Crippen LogP) is 1.17. The number of rotatable bonds is 5. The van der Waals surface area contributed by atoms with Crippen molar-refractivity contribution in [3.8, 4) is 0 Å². The van der Waals surface area contributed by atoms with Crippen molar-refractivity contribution in [1.29, 1.82) is 0 Å². The normalized spacial score (nSPS) is 11.8. The fourth-order valence-electron chi connectivity index (χ4n) is 2.02. The van der Waals surface area contributed by atoms with E-state index in [-0.39, 0.29) is 18.5 Å². The van der Waals surface area contributed by atoms with Gasteiger partial charge in [0, 0.05) is 25.0 Å². The first-order valence-corrected chi connectivity index (χ1v) is 6.77. The SMILES string of the molecule is CC(NC(=O)CNC(=O)c1ccc(F)cc1)c1nccn1C. The van der Waals surface area contributed by atoms with E-state index in [9.17, 15) is 14.0 Å². The number of hydrogen-bond acceptors (Lipinski definition) is 3. The van der Waals surface area contributed by atoms with Crippen molar-refractivity contribution in [1.82, 2.24) is 20.2 Å². The molecular weight excluding hydrogens is 287 g/mol. The van der Waals surface area contributed by atoms with E-state index < -0.39 is 11.7 Å². The van der Waals surface area contributed by atoms with Crippen molar-refractivity contribution in [2.24, 2.45) is 7.05 Å². The van der Waals surface area contributed by atoms with Crippen molar-refractivity contribution in [2.75, 3.05) is 6.54 Å². The lowest BCUT2D eigenvalue weighted by Gasteiger charge is -2.14. The fraction of sp³-hybridized carbons (Fsp3) is 0.267. The highest BCUT2D eigenvalue weighted by molar-refractivity contribution is 5.96. The molecule has 0 aliphatic rings. The lowest BCUT2D eigenvalue weighted by atomic mass is 10.2. The maximum absolute atomic E-state index is 12.8. The second-order valence-electron chi connectivity index (χ2n) is 4.88. The minimum atomic E-state index is -0.431. The van der Waals surface area contributed by atoms with Crippen LogP contribution in [0.1, 0.15) is 29.1 Å². The quantitative estimate of drug-likeness (QED) is 0.870. The molecule has 1 heterocycles. The topological polar surface area (TPSA) is 76.0 Å². The highest BCUT2D eigenvalue weighted by Gasteiger charge is 2.14. The first kappa shape index (κ1) is 15.7. The molecule has 0 aliphatic carbocycles. The van der Waals surface area contributed by atoms with E-state index in [0.29, 0.717) is 5.56 Å². The van der Waals surface area contributed by atoms with Gasteiger partial charge in [0.25, 0.3) is 5.91 Å². The maximum atomic E-state index is 12.8. The van der Waals surface area contributed by atoms with E-state index in [1.165, 1.54) is 24.3 Å². The van der Waals surface area contributed by atoms with Crippen LogP contribution in [0.3, 0.4) is 0 Å². The van der Waals surface area contributed by atoms with Gasteiger partial charge in [0.1, 0.15) is 11.6 Å². The number of hydrogen-bond donors (Lipinski definition) is 2. The lowest BCUT2D eigenvalue weighted by Crippen LogP contribution is -2.38. The lowest BCUT2D eigenvalue weighted by molar-refractivity contribution is -0.120. The number of carbonyl (C=O) groups is 2. The Labute approximate surface area is 127 Å². The van der Waals surface area contributed by atoms with Crippen LogP contribution in [0.5, 0.6) is 0 Å². The Morgan fingerprint density at radius 2 is 2.00 bits per heavy atom. The molecule has 1 aromatic heterocycles. The minimum Gasteiger partial charge on any atom is -0.345 e. The van der Waals surface area contributed by atoms with Crippen molar-refractivity contribution >= 4 is 11.8 Å². The molecule has 7 heteroatoms. The molecule has 2 aromatic rings. The third-order valence-electron chi connectivity index (χ3n) is 3.14. The zero-order chi connectivity index (χ0) is 16.1. The Morgan fingerprint density at radius 3 is 2.59 bits per heavy atom. The van der Waals surface area contributed by atoms with Crippen LogP contribution in [0.25, 0.3) is 0 Å². The number of amides is 2. The predicted molar refractivity (Wildman–Crippen MR) is 78.5 cm³/mol. The molecule has 0 saturated heterocycles. The standard InChI is InChI=1S/C15H17FN4O2/c1-10(14-17-7-8-20(14)2)19-13(21)9-18-15(22)11-3-5-12(16)6-4-11/h3-8,10H,9H2,1-2H3,(H,18,22)(H,19,21). The molecular formula is C15H17FN4O2. The van der Waals surface area contributed by atoms with Gasteiger partial charge in [-0.1, -0.05) is 0 Å². The second kappa shape index (κ2) is 6.84. The highest BCUT2D eigenvalue weighted by atomic mass is 19.1. The van der Waals surface area contributed by atoms with E-state index in [1.807, 2.05) is 18.5 Å². The van der Waals surface area contributed by atoms with Gasteiger partial charge in [-0.25, -0.2) is 9.37 Å². The number of aryl methyl sites for hydroxylation is 1. The summed E-state index contributed by atoms with van der Waals surface area (Å²) in [6.07, 6.45) is 3.43. The number of imidazole rings is 1. The first-order chi connectivity index (χ1) is 10.5. The second-order valence-corrected chi connectivity index (χ2v) is 4.88. The number of benzene rings is 1. The summed E-state index contributed by atoms with van der Waals surface area (Å²) in [7, 11) is 1.83. The zero-order valence-corrected chi connectivity index (χ0v) is 12.3. The van der Waals surface area contributed by atoms with Crippen molar-refractivity contribution in [3.05, 3.63) is 53.9 Å². The van der Waals surface area contributed by atoms with Crippen LogP contribution in [0.2, 0.25) is 0 Å². The third kappa shape index (κ3) is 3.91. The molecule has 1 unspecified atom stereocenters. The third-order valence-corrected chi connectivity index (χ3v) is 3.14. The Kier molecular flexibility index (Phi) is 4.88. The van der Waals surface area contributed by atoms with Gasteiger partial charge >= 0.3 is 0 Å². The van der Waals surface area contributed by atoms with Gasteiger partial charge < -0.3 is 15.2 Å². The Balaban J connectivity index is 1.84. The molecule has 0 aliphatic heterocycles. The molecule has 116 valence electrons. The molecule has 0 saturated carbocycles. The van der Waals surface area contributed by atoms with Crippen molar-refractivity contribution in [2.45, 2.75) is 13.0 Å². The minimum absolute atomic E-state index is 0.162. The molecule has 0 radical (unpaired) electrons. The van der Waals surface area contributed by atoms with Gasteiger partial charge in [0.05, 0.1) is 12.6 Å². The van der Waals surface area contributed by atoms with Crippen molar-refractivity contribution < 1.29 is 14.0 Å². The summed E-state index contributed by atoms with van der Waals surface area (Å²) in [4.78, 5) is 27.8. The summed E-state index contributed by atoms with van der Waals surface area (Å²) < 4.78 is 14.6. The van der Waals surface area contributed by atoms with E-state index in [0.717, 1.165) is 5.82 Å². The average molecular weight is 304 g/mol. The average Bonchev–Trinajstić information content (AvgIpc) is 2.91. The summed E-state index contributed by atoms with van der Waals surface area (Å²) in [5, 5.41) is 5.22. The number of carbonyl (C=O) groups excluding carboxylic acids is 2. The summed E-state index contributed by atoms with van der Waals surface area (Å²) >= 11 is 0. The molecule has 1 aromatic carbocycles. The van der Waals surface area contributed by atoms with Crippen LogP contribution in [0, 0.1) is 5.82 Å². The molecule has 2 N–H and O–H groups in total. The van der Waals surface area contributed by atoms with Gasteiger partial charge in [0.2, 0.25) is 5.91 Å². The molecule has 2 amide bonds. The van der Waals surface area contributed by atoms with E-state index in [2.05, 4.69) is 15.6 Å². The molecule has 0 fully saturated rings. The summed E-state index contributed by atoms with van der Waals surface area (Å²) in [6, 6.07) is 4.84. The van der Waals surface area contributed by atoms with Gasteiger partial charge in [-0.15, -0.1) is 0 Å². The van der Waals surface area contributed by atoms with Crippen LogP contribution in [-0.2, 0) is 11.8 Å². The molecule has 6 nitrogen and oxygen atoms in total. The van der Waals surface area contributed by atoms with Gasteiger partial charge in [-0.05, 0) is 31.2 Å². The Morgan fingerprint density at radius 1 is 1.32 bits per heavy atom. The van der Waals surface area contributed by atoms with Crippen molar-refractivity contribution in [3.63, 3.8) is 0 Å². The van der Waals surface area contributed by atoms with E-state index >= 15 is 0 Å². The Hall–Kier alpha value is -2.70. The summed E-state index contributed by atoms with van der Waals surface area (Å²) in [5.74, 6) is -0.456. The number of aromatic nitrogens is 2. The largest absolute Gasteiger partial charge is 0.345 e. The van der Waals surface area contributed by atoms with E-state index in [4.69, 9.17) is 0 Å². The number of nitrogens with zero attached hydrogens (tertiary/aromatic N) is 2. The molecule has 0 bridgehead atoms. The fourth-order valence-corrected chi connectivity index (χ4v) is 2.02. The smallest absolute Gasteiger partial charge is 0.251 e. The molecule has 22 heavy (non-hydrogen) atoms. The van der Waals surface area contributed by atoms with Gasteiger partial charge in [-0.3, -0.25) is 9.59 Å². The van der Waals surface area contributed by atoms with Gasteiger partial charge in [0.15, 0.2) is 0 Å². The zero-order valence-electron chi connectivity index (χ0n) is 12.3. The molecule has 1 atom stereocenters.